The molecule has 2 aliphatic rings. The second-order valence-electron chi connectivity index (χ2n) is 4.79. The normalized spacial score (nSPS) is 45.2. The van der Waals surface area contributed by atoms with Crippen molar-refractivity contribution < 1.29 is 9.47 Å². The van der Waals surface area contributed by atoms with Gasteiger partial charge in [-0.1, -0.05) is 13.8 Å². The van der Waals surface area contributed by atoms with Crippen LogP contribution in [0.25, 0.3) is 0 Å². The van der Waals surface area contributed by atoms with Crippen molar-refractivity contribution in [3.05, 3.63) is 0 Å². The van der Waals surface area contributed by atoms with Crippen molar-refractivity contribution in [2.24, 2.45) is 17.8 Å². The zero-order valence-electron chi connectivity index (χ0n) is 8.82. The van der Waals surface area contributed by atoms with Gasteiger partial charge < -0.3 is 9.47 Å². The predicted molar refractivity (Wildman–Crippen MR) is 51.1 cm³/mol. The van der Waals surface area contributed by atoms with Crippen molar-refractivity contribution in [2.75, 3.05) is 0 Å². The molecule has 0 N–H and O–H groups in total. The van der Waals surface area contributed by atoms with Crippen molar-refractivity contribution >= 4 is 0 Å². The van der Waals surface area contributed by atoms with Gasteiger partial charge in [-0.3, -0.25) is 0 Å². The maximum absolute atomic E-state index is 5.53. The molecule has 2 heteroatoms. The van der Waals surface area contributed by atoms with Crippen LogP contribution in [-0.2, 0) is 9.47 Å². The third-order valence-corrected chi connectivity index (χ3v) is 3.49. The van der Waals surface area contributed by atoms with Gasteiger partial charge in [0.25, 0.3) is 0 Å². The van der Waals surface area contributed by atoms with E-state index in [1.54, 1.807) is 0 Å². The molecule has 2 unspecified atom stereocenters. The molecule has 76 valence electrons. The fourth-order valence-electron chi connectivity index (χ4n) is 2.52. The molecule has 1 heterocycles. The number of rotatable bonds is 2. The van der Waals surface area contributed by atoms with E-state index < -0.39 is 0 Å². The Morgan fingerprint density at radius 2 is 1.85 bits per heavy atom. The summed E-state index contributed by atoms with van der Waals surface area (Å²) in [6.07, 6.45) is 4.12. The monoisotopic (exact) mass is 184 g/mol. The molecule has 0 aromatic rings. The van der Waals surface area contributed by atoms with Gasteiger partial charge in [0.15, 0.2) is 12.6 Å². The first-order valence-corrected chi connectivity index (χ1v) is 5.47. The van der Waals surface area contributed by atoms with Crippen molar-refractivity contribution in [2.45, 2.75) is 52.6 Å². The molecule has 0 aromatic carbocycles. The van der Waals surface area contributed by atoms with E-state index in [9.17, 15) is 0 Å². The van der Waals surface area contributed by atoms with Crippen LogP contribution in [0.3, 0.4) is 0 Å². The van der Waals surface area contributed by atoms with Crippen LogP contribution in [0.5, 0.6) is 0 Å². The highest BCUT2D eigenvalue weighted by Crippen LogP contribution is 2.41. The van der Waals surface area contributed by atoms with Gasteiger partial charge in [0.1, 0.15) is 0 Å². The van der Waals surface area contributed by atoms with Crippen molar-refractivity contribution in [3.63, 3.8) is 0 Å². The lowest BCUT2D eigenvalue weighted by molar-refractivity contribution is -0.391. The molecule has 2 nitrogen and oxygen atoms in total. The average Bonchev–Trinajstić information content (AvgIpc) is 2.46. The molecule has 2 rings (SSSR count). The molecule has 0 amide bonds. The Balaban J connectivity index is 1.78. The van der Waals surface area contributed by atoms with Gasteiger partial charge in [-0.05, 0) is 38.0 Å². The summed E-state index contributed by atoms with van der Waals surface area (Å²) < 4.78 is 11.1. The molecular weight excluding hydrogens is 164 g/mol. The summed E-state index contributed by atoms with van der Waals surface area (Å²) >= 11 is 0. The minimum Gasteiger partial charge on any atom is -0.324 e. The van der Waals surface area contributed by atoms with Crippen LogP contribution < -0.4 is 0 Å². The van der Waals surface area contributed by atoms with Crippen LogP contribution >= 0.6 is 0 Å². The second-order valence-corrected chi connectivity index (χ2v) is 4.79. The van der Waals surface area contributed by atoms with Crippen LogP contribution in [-0.4, -0.2) is 12.6 Å². The number of hydrogen-bond donors (Lipinski definition) is 0. The summed E-state index contributed by atoms with van der Waals surface area (Å²) in [4.78, 5) is 0. The zero-order chi connectivity index (χ0) is 9.42. The lowest BCUT2D eigenvalue weighted by atomic mass is 9.93. The van der Waals surface area contributed by atoms with E-state index in [-0.39, 0.29) is 12.6 Å². The first kappa shape index (κ1) is 9.47. The first-order chi connectivity index (χ1) is 6.16. The molecule has 0 spiro atoms. The molecule has 1 saturated heterocycles. The van der Waals surface area contributed by atoms with Crippen molar-refractivity contribution in [1.29, 1.82) is 0 Å². The Hall–Kier alpha value is -0.0800. The third-order valence-electron chi connectivity index (χ3n) is 3.49. The Bertz CT molecular complexity index is 173. The topological polar surface area (TPSA) is 18.5 Å². The molecule has 2 atom stereocenters. The Morgan fingerprint density at radius 3 is 2.31 bits per heavy atom. The summed E-state index contributed by atoms with van der Waals surface area (Å²) in [6, 6.07) is 0. The van der Waals surface area contributed by atoms with E-state index in [2.05, 4.69) is 13.8 Å². The molecule has 13 heavy (non-hydrogen) atoms. The number of ether oxygens (including phenoxy) is 2. The van der Waals surface area contributed by atoms with E-state index >= 15 is 0 Å². The SMILES string of the molecule is CC1OC(C2CCC(C(C)C)C2)O1. The molecular formula is C11H20O2. The Labute approximate surface area is 80.6 Å². The van der Waals surface area contributed by atoms with E-state index in [1.807, 2.05) is 6.92 Å². The van der Waals surface area contributed by atoms with Crippen LogP contribution in [0.1, 0.15) is 40.0 Å². The summed E-state index contributed by atoms with van der Waals surface area (Å²) in [6.45, 7) is 6.60. The molecule has 1 saturated carbocycles. The van der Waals surface area contributed by atoms with Gasteiger partial charge in [-0.25, -0.2) is 0 Å². The zero-order valence-corrected chi connectivity index (χ0v) is 8.82. The summed E-state index contributed by atoms with van der Waals surface area (Å²) in [5.41, 5.74) is 0. The lowest BCUT2D eigenvalue weighted by Gasteiger charge is -2.37. The Kier molecular flexibility index (Phi) is 2.61. The van der Waals surface area contributed by atoms with Crippen LogP contribution in [0.15, 0.2) is 0 Å². The highest BCUT2D eigenvalue weighted by molar-refractivity contribution is 4.81. The average molecular weight is 184 g/mol. The number of hydrogen-bond acceptors (Lipinski definition) is 2. The maximum Gasteiger partial charge on any atom is 0.166 e. The maximum atomic E-state index is 5.53. The highest BCUT2D eigenvalue weighted by Gasteiger charge is 2.39. The first-order valence-electron chi connectivity index (χ1n) is 5.47. The van der Waals surface area contributed by atoms with E-state index in [0.717, 1.165) is 11.8 Å². The highest BCUT2D eigenvalue weighted by atomic mass is 16.9. The third kappa shape index (κ3) is 1.89. The fourth-order valence-corrected chi connectivity index (χ4v) is 2.52. The Morgan fingerprint density at radius 1 is 1.15 bits per heavy atom. The van der Waals surface area contributed by atoms with Gasteiger partial charge >= 0.3 is 0 Å². The van der Waals surface area contributed by atoms with Crippen LogP contribution in [0.4, 0.5) is 0 Å². The predicted octanol–water partition coefficient (Wildman–Crippen LogP) is 2.78. The van der Waals surface area contributed by atoms with Gasteiger partial charge in [-0.15, -0.1) is 0 Å². The molecule has 0 aromatic heterocycles. The largest absolute Gasteiger partial charge is 0.324 e. The smallest absolute Gasteiger partial charge is 0.166 e. The summed E-state index contributed by atoms with van der Waals surface area (Å²) in [5.74, 6) is 2.39. The van der Waals surface area contributed by atoms with E-state index in [1.165, 1.54) is 19.3 Å². The molecule has 2 fully saturated rings. The van der Waals surface area contributed by atoms with Gasteiger partial charge in [0.2, 0.25) is 0 Å². The summed E-state index contributed by atoms with van der Waals surface area (Å²) in [7, 11) is 0. The molecule has 0 bridgehead atoms. The molecule has 1 aliphatic heterocycles. The van der Waals surface area contributed by atoms with Gasteiger partial charge in [-0.2, -0.15) is 0 Å². The van der Waals surface area contributed by atoms with E-state index in [4.69, 9.17) is 9.47 Å². The van der Waals surface area contributed by atoms with Crippen molar-refractivity contribution in [3.8, 4) is 0 Å². The van der Waals surface area contributed by atoms with E-state index in [0.29, 0.717) is 5.92 Å². The fraction of sp³-hybridized carbons (Fsp3) is 1.00. The van der Waals surface area contributed by atoms with Crippen molar-refractivity contribution in [1.82, 2.24) is 0 Å². The lowest BCUT2D eigenvalue weighted by Crippen LogP contribution is -2.43. The molecule has 0 radical (unpaired) electrons. The molecule has 1 aliphatic carbocycles. The van der Waals surface area contributed by atoms with Gasteiger partial charge in [0, 0.05) is 5.92 Å². The van der Waals surface area contributed by atoms with Crippen LogP contribution in [0, 0.1) is 17.8 Å². The standard InChI is InChI=1S/C11H20O2/c1-7(2)9-4-5-10(6-9)11-12-8(3)13-11/h7-11H,4-6H2,1-3H3. The summed E-state index contributed by atoms with van der Waals surface area (Å²) in [5, 5.41) is 0. The van der Waals surface area contributed by atoms with Gasteiger partial charge in [0.05, 0.1) is 0 Å². The minimum absolute atomic E-state index is 0.0445. The quantitative estimate of drug-likeness (QED) is 0.657. The van der Waals surface area contributed by atoms with Crippen LogP contribution in [0.2, 0.25) is 0 Å². The minimum atomic E-state index is 0.0445. The second kappa shape index (κ2) is 3.58.